The molecule has 2 aromatic carbocycles. The summed E-state index contributed by atoms with van der Waals surface area (Å²) >= 11 is 0. The molecule has 110 valence electrons. The predicted octanol–water partition coefficient (Wildman–Crippen LogP) is 3.73. The van der Waals surface area contributed by atoms with E-state index in [9.17, 15) is 9.90 Å². The van der Waals surface area contributed by atoms with E-state index in [1.807, 2.05) is 18.2 Å². The highest BCUT2D eigenvalue weighted by Crippen LogP contribution is 2.28. The Morgan fingerprint density at radius 2 is 1.71 bits per heavy atom. The Balaban J connectivity index is 2.35. The number of aliphatic hydroxyl groups is 1. The van der Waals surface area contributed by atoms with E-state index >= 15 is 0 Å². The van der Waals surface area contributed by atoms with Crippen molar-refractivity contribution in [2.75, 3.05) is 7.11 Å². The summed E-state index contributed by atoms with van der Waals surface area (Å²) < 4.78 is 5.31. The fourth-order valence-corrected chi connectivity index (χ4v) is 2.20. The molecule has 0 aliphatic carbocycles. The van der Waals surface area contributed by atoms with E-state index in [1.165, 1.54) is 7.11 Å². The Hall–Kier alpha value is -2.13. The molecule has 1 unspecified atom stereocenters. The Bertz CT molecular complexity index is 618. The molecule has 1 N–H and O–H groups in total. The van der Waals surface area contributed by atoms with E-state index in [-0.39, 0.29) is 5.78 Å². The molecule has 0 saturated carbocycles. The molecule has 2 rings (SSSR count). The topological polar surface area (TPSA) is 46.5 Å². The van der Waals surface area contributed by atoms with Crippen molar-refractivity contribution < 1.29 is 14.6 Å². The summed E-state index contributed by atoms with van der Waals surface area (Å²) in [6, 6.07) is 14.4. The van der Waals surface area contributed by atoms with Crippen LogP contribution in [-0.2, 0) is 0 Å². The second-order valence-electron chi connectivity index (χ2n) is 5.29. The second kappa shape index (κ2) is 6.55. The number of carbonyl (C=O) groups is 1. The third-order valence-electron chi connectivity index (χ3n) is 3.52. The lowest BCUT2D eigenvalue weighted by Crippen LogP contribution is -2.13. The molecule has 0 amide bonds. The third-order valence-corrected chi connectivity index (χ3v) is 3.52. The van der Waals surface area contributed by atoms with Crippen molar-refractivity contribution in [1.29, 1.82) is 0 Å². The van der Waals surface area contributed by atoms with Crippen LogP contribution >= 0.6 is 0 Å². The first-order valence-electron chi connectivity index (χ1n) is 6.99. The number of methoxy groups -OCH3 is 1. The number of Topliss-reactive ketones (excluding diaryl/α,β-unsaturated/α-hetero) is 1. The van der Waals surface area contributed by atoms with Gasteiger partial charge in [0.25, 0.3) is 0 Å². The number of carbonyl (C=O) groups excluding carboxylic acids is 1. The van der Waals surface area contributed by atoms with Gasteiger partial charge in [0, 0.05) is 0 Å². The van der Waals surface area contributed by atoms with Crippen molar-refractivity contribution in [3.8, 4) is 5.75 Å². The van der Waals surface area contributed by atoms with E-state index in [2.05, 4.69) is 13.8 Å². The van der Waals surface area contributed by atoms with Gasteiger partial charge in [-0.2, -0.15) is 0 Å². The normalized spacial score (nSPS) is 12.2. The van der Waals surface area contributed by atoms with Gasteiger partial charge in [0.15, 0.2) is 5.78 Å². The van der Waals surface area contributed by atoms with Crippen LogP contribution in [0.4, 0.5) is 0 Å². The highest BCUT2D eigenvalue weighted by Gasteiger charge is 2.22. The zero-order valence-corrected chi connectivity index (χ0v) is 12.5. The van der Waals surface area contributed by atoms with Gasteiger partial charge >= 0.3 is 0 Å². The number of benzene rings is 2. The SMILES string of the molecule is COc1cc(C(C)C)ccc1C(=O)C(O)c1ccccc1. The zero-order chi connectivity index (χ0) is 15.4. The second-order valence-corrected chi connectivity index (χ2v) is 5.29. The Kier molecular flexibility index (Phi) is 4.76. The van der Waals surface area contributed by atoms with Crippen LogP contribution in [0.25, 0.3) is 0 Å². The van der Waals surface area contributed by atoms with Crippen molar-refractivity contribution in [1.82, 2.24) is 0 Å². The molecule has 0 heterocycles. The fourth-order valence-electron chi connectivity index (χ4n) is 2.20. The van der Waals surface area contributed by atoms with Crippen LogP contribution in [0.1, 0.15) is 47.4 Å². The van der Waals surface area contributed by atoms with E-state index in [0.29, 0.717) is 22.8 Å². The summed E-state index contributed by atoms with van der Waals surface area (Å²) in [6.45, 7) is 4.16. The van der Waals surface area contributed by atoms with E-state index in [4.69, 9.17) is 4.74 Å². The maximum atomic E-state index is 12.5. The lowest BCUT2D eigenvalue weighted by molar-refractivity contribution is 0.0744. The molecule has 3 heteroatoms. The van der Waals surface area contributed by atoms with Crippen molar-refractivity contribution in [3.63, 3.8) is 0 Å². The lowest BCUT2D eigenvalue weighted by atomic mass is 9.95. The molecule has 0 aliphatic rings. The maximum Gasteiger partial charge on any atom is 0.199 e. The first kappa shape index (κ1) is 15.3. The van der Waals surface area contributed by atoms with Gasteiger partial charge in [-0.3, -0.25) is 4.79 Å². The number of aliphatic hydroxyl groups excluding tert-OH is 1. The van der Waals surface area contributed by atoms with Gasteiger partial charge in [-0.25, -0.2) is 0 Å². The first-order valence-corrected chi connectivity index (χ1v) is 6.99. The quantitative estimate of drug-likeness (QED) is 0.851. The predicted molar refractivity (Wildman–Crippen MR) is 82.8 cm³/mol. The molecule has 0 radical (unpaired) electrons. The smallest absolute Gasteiger partial charge is 0.199 e. The van der Waals surface area contributed by atoms with Crippen LogP contribution < -0.4 is 4.74 Å². The van der Waals surface area contributed by atoms with E-state index in [1.54, 1.807) is 30.3 Å². The summed E-state index contributed by atoms with van der Waals surface area (Å²) in [7, 11) is 1.53. The van der Waals surface area contributed by atoms with Gasteiger partial charge in [0.1, 0.15) is 11.9 Å². The summed E-state index contributed by atoms with van der Waals surface area (Å²) in [5.41, 5.74) is 2.08. The van der Waals surface area contributed by atoms with E-state index in [0.717, 1.165) is 5.56 Å². The number of rotatable bonds is 5. The maximum absolute atomic E-state index is 12.5. The summed E-state index contributed by atoms with van der Waals surface area (Å²) in [5, 5.41) is 10.2. The third kappa shape index (κ3) is 3.31. The molecule has 0 aromatic heterocycles. The van der Waals surface area contributed by atoms with Gasteiger partial charge in [0.05, 0.1) is 12.7 Å². The molecule has 2 aromatic rings. The van der Waals surface area contributed by atoms with Crippen LogP contribution in [0.3, 0.4) is 0 Å². The molecule has 1 atom stereocenters. The summed E-state index contributed by atoms with van der Waals surface area (Å²) in [4.78, 5) is 12.5. The van der Waals surface area contributed by atoms with Gasteiger partial charge in [0.2, 0.25) is 0 Å². The number of hydrogen-bond acceptors (Lipinski definition) is 3. The number of ketones is 1. The molecular formula is C18H20O3. The van der Waals surface area contributed by atoms with Crippen LogP contribution in [-0.4, -0.2) is 18.0 Å². The lowest BCUT2D eigenvalue weighted by Gasteiger charge is -2.15. The average molecular weight is 284 g/mol. The minimum absolute atomic E-state index is 0.349. The highest BCUT2D eigenvalue weighted by molar-refractivity contribution is 6.02. The standard InChI is InChI=1S/C18H20O3/c1-12(2)14-9-10-15(16(11-14)21-3)18(20)17(19)13-7-5-4-6-8-13/h4-12,17,19H,1-3H3. The van der Waals surface area contributed by atoms with Crippen molar-refractivity contribution in [2.24, 2.45) is 0 Å². The van der Waals surface area contributed by atoms with Crippen molar-refractivity contribution in [2.45, 2.75) is 25.9 Å². The average Bonchev–Trinajstić information content (AvgIpc) is 2.53. The minimum atomic E-state index is -1.18. The molecule has 0 saturated heterocycles. The first-order chi connectivity index (χ1) is 10.0. The van der Waals surface area contributed by atoms with Crippen LogP contribution in [0.2, 0.25) is 0 Å². The Morgan fingerprint density at radius 3 is 2.29 bits per heavy atom. The molecule has 0 fully saturated rings. The number of hydrogen-bond donors (Lipinski definition) is 1. The molecule has 0 spiro atoms. The fraction of sp³-hybridized carbons (Fsp3) is 0.278. The van der Waals surface area contributed by atoms with Gasteiger partial charge in [-0.05, 0) is 29.2 Å². The number of ether oxygens (including phenoxy) is 1. The van der Waals surface area contributed by atoms with Crippen LogP contribution in [0, 0.1) is 0 Å². The van der Waals surface area contributed by atoms with Crippen molar-refractivity contribution >= 4 is 5.78 Å². The zero-order valence-electron chi connectivity index (χ0n) is 12.5. The van der Waals surface area contributed by atoms with Crippen LogP contribution in [0.5, 0.6) is 5.75 Å². The highest BCUT2D eigenvalue weighted by atomic mass is 16.5. The van der Waals surface area contributed by atoms with E-state index < -0.39 is 6.10 Å². The summed E-state index contributed by atoms with van der Waals surface area (Å²) in [5.74, 6) is 0.497. The van der Waals surface area contributed by atoms with Gasteiger partial charge in [-0.15, -0.1) is 0 Å². The largest absolute Gasteiger partial charge is 0.496 e. The van der Waals surface area contributed by atoms with Gasteiger partial charge in [-0.1, -0.05) is 50.2 Å². The summed E-state index contributed by atoms with van der Waals surface area (Å²) in [6.07, 6.45) is -1.18. The minimum Gasteiger partial charge on any atom is -0.496 e. The Morgan fingerprint density at radius 1 is 1.05 bits per heavy atom. The van der Waals surface area contributed by atoms with Gasteiger partial charge < -0.3 is 9.84 Å². The van der Waals surface area contributed by atoms with Crippen LogP contribution in [0.15, 0.2) is 48.5 Å². The monoisotopic (exact) mass is 284 g/mol. The van der Waals surface area contributed by atoms with Crippen molar-refractivity contribution in [3.05, 3.63) is 65.2 Å². The molecule has 21 heavy (non-hydrogen) atoms. The molecule has 0 aliphatic heterocycles. The molecule has 0 bridgehead atoms. The molecular weight excluding hydrogens is 264 g/mol. The Labute approximate surface area is 125 Å². The molecule has 3 nitrogen and oxygen atoms in total.